The summed E-state index contributed by atoms with van der Waals surface area (Å²) in [6.07, 6.45) is 1.81. The van der Waals surface area contributed by atoms with E-state index in [-0.39, 0.29) is 0 Å². The Morgan fingerprint density at radius 1 is 1.14 bits per heavy atom. The summed E-state index contributed by atoms with van der Waals surface area (Å²) in [4.78, 5) is 13.1. The highest BCUT2D eigenvalue weighted by Crippen LogP contribution is 2.07. The van der Waals surface area contributed by atoms with Gasteiger partial charge in [-0.05, 0) is 12.1 Å². The van der Waals surface area contributed by atoms with Crippen molar-refractivity contribution in [2.45, 2.75) is 6.92 Å². The zero-order chi connectivity index (χ0) is 10.4. The molecule has 2 aromatic rings. The number of pyridine rings is 1. The van der Waals surface area contributed by atoms with E-state index in [0.717, 1.165) is 12.4 Å². The highest BCUT2D eigenvalue weighted by atomic mass is 16.4. The lowest BCUT2D eigenvalue weighted by Gasteiger charge is -1.91. The molecule has 0 fully saturated rings. The lowest BCUT2D eigenvalue weighted by atomic mass is 10.2. The average Bonchev–Trinajstić information content (AvgIpc) is 2.17. The number of aromatic nitrogens is 1. The Balaban J connectivity index is 0.000000213. The number of carbonyl (C=O) groups is 1. The molecule has 71 valence electrons. The minimum Gasteiger partial charge on any atom is -0.256 e. The summed E-state index contributed by atoms with van der Waals surface area (Å²) >= 11 is 0. The highest BCUT2D eigenvalue weighted by molar-refractivity contribution is 5.77. The van der Waals surface area contributed by atoms with Crippen LogP contribution in [0.4, 0.5) is 0 Å². The fourth-order valence-corrected chi connectivity index (χ4v) is 1.02. The Morgan fingerprint density at radius 2 is 1.71 bits per heavy atom. The van der Waals surface area contributed by atoms with Gasteiger partial charge in [0.05, 0.1) is 5.52 Å². The van der Waals surface area contributed by atoms with Gasteiger partial charge in [0.2, 0.25) is 0 Å². The first-order valence-electron chi connectivity index (χ1n) is 4.17. The summed E-state index contributed by atoms with van der Waals surface area (Å²) in [6, 6.07) is 12.1. The van der Waals surface area contributed by atoms with Crippen LogP contribution in [0.15, 0.2) is 42.6 Å². The van der Waals surface area contributed by atoms with Crippen molar-refractivity contribution in [1.29, 1.82) is 0 Å². The van der Waals surface area contributed by atoms with Crippen LogP contribution < -0.4 is 0 Å². The number of benzene rings is 1. The van der Waals surface area contributed by atoms with Crippen molar-refractivity contribution in [2.75, 3.05) is 0 Å². The lowest BCUT2D eigenvalue weighted by molar-refractivity contribution is -0.140. The summed E-state index contributed by atoms with van der Waals surface area (Å²) in [5, 5.41) is 10.1. The molecule has 0 aliphatic carbocycles. The van der Waals surface area contributed by atoms with Crippen LogP contribution in [-0.2, 0) is 9.90 Å². The summed E-state index contributed by atoms with van der Waals surface area (Å²) in [6.45, 7) is 0.972. The Morgan fingerprint density at radius 3 is 2.36 bits per heavy atom. The average molecular weight is 188 g/mol. The molecule has 0 amide bonds. The molecule has 0 aliphatic rings. The summed E-state index contributed by atoms with van der Waals surface area (Å²) in [5.74, 6) is -1.08. The molecular formula is C11H10NO2. The van der Waals surface area contributed by atoms with Crippen molar-refractivity contribution in [1.82, 2.24) is 4.98 Å². The van der Waals surface area contributed by atoms with Crippen LogP contribution in [0.5, 0.6) is 0 Å². The summed E-state index contributed by atoms with van der Waals surface area (Å²) < 4.78 is 0. The number of fused-ring (bicyclic) bond motifs is 1. The van der Waals surface area contributed by atoms with Crippen molar-refractivity contribution in [3.05, 3.63) is 42.6 Å². The fourth-order valence-electron chi connectivity index (χ4n) is 1.02. The molecule has 0 spiro atoms. The zero-order valence-corrected chi connectivity index (χ0v) is 7.81. The molecule has 0 saturated carbocycles. The van der Waals surface area contributed by atoms with Gasteiger partial charge in [0.25, 0.3) is 0 Å². The quantitative estimate of drug-likeness (QED) is 0.636. The molecule has 1 heterocycles. The highest BCUT2D eigenvalue weighted by Gasteiger charge is 1.86. The topological polar surface area (TPSA) is 49.9 Å². The summed E-state index contributed by atoms with van der Waals surface area (Å²) in [7, 11) is 0. The maximum atomic E-state index is 8.89. The second-order valence-corrected chi connectivity index (χ2v) is 2.69. The van der Waals surface area contributed by atoms with Gasteiger partial charge in [0.15, 0.2) is 0 Å². The lowest BCUT2D eigenvalue weighted by Crippen LogP contribution is -1.74. The molecule has 0 saturated heterocycles. The molecule has 2 rings (SSSR count). The van der Waals surface area contributed by atoms with Gasteiger partial charge in [-0.15, -0.1) is 0 Å². The number of hydrogen-bond donors (Lipinski definition) is 0. The van der Waals surface area contributed by atoms with E-state index in [9.17, 15) is 0 Å². The second-order valence-electron chi connectivity index (χ2n) is 2.69. The zero-order valence-electron chi connectivity index (χ0n) is 7.81. The van der Waals surface area contributed by atoms with Gasteiger partial charge >= 0.3 is 5.97 Å². The Hall–Kier alpha value is -1.90. The first-order chi connectivity index (χ1) is 6.70. The molecule has 0 bridgehead atoms. The Kier molecular flexibility index (Phi) is 3.61. The third-order valence-electron chi connectivity index (χ3n) is 1.51. The standard InChI is InChI=1S/C9H7N.C2H3O2/c1-2-6-9-8(4-1)5-3-7-10-9;1-2(3)4/h1-7H;1H3. The van der Waals surface area contributed by atoms with Crippen LogP contribution in [0.2, 0.25) is 0 Å². The van der Waals surface area contributed by atoms with Crippen LogP contribution in [0.1, 0.15) is 6.92 Å². The van der Waals surface area contributed by atoms with Gasteiger partial charge in [-0.2, -0.15) is 0 Å². The van der Waals surface area contributed by atoms with Gasteiger partial charge in [-0.3, -0.25) is 4.98 Å². The van der Waals surface area contributed by atoms with Gasteiger partial charge in [-0.25, -0.2) is 9.90 Å². The molecule has 1 aromatic carbocycles. The van der Waals surface area contributed by atoms with E-state index in [1.165, 1.54) is 5.39 Å². The van der Waals surface area contributed by atoms with Crippen molar-refractivity contribution in [2.24, 2.45) is 0 Å². The van der Waals surface area contributed by atoms with E-state index in [2.05, 4.69) is 17.1 Å². The maximum Gasteiger partial charge on any atom is 0.352 e. The Labute approximate surface area is 82.0 Å². The van der Waals surface area contributed by atoms with Crippen molar-refractivity contribution in [3.8, 4) is 0 Å². The minimum atomic E-state index is -1.08. The van der Waals surface area contributed by atoms with E-state index < -0.39 is 5.97 Å². The van der Waals surface area contributed by atoms with Crippen LogP contribution in [0.3, 0.4) is 0 Å². The van der Waals surface area contributed by atoms with E-state index in [1.807, 2.05) is 30.5 Å². The molecular weight excluding hydrogens is 178 g/mol. The first-order valence-corrected chi connectivity index (χ1v) is 4.17. The van der Waals surface area contributed by atoms with Crippen LogP contribution >= 0.6 is 0 Å². The normalized spacial score (nSPS) is 8.93. The second kappa shape index (κ2) is 4.97. The van der Waals surface area contributed by atoms with Gasteiger partial charge < -0.3 is 0 Å². The molecule has 0 atom stereocenters. The van der Waals surface area contributed by atoms with E-state index in [4.69, 9.17) is 9.90 Å². The van der Waals surface area contributed by atoms with E-state index in [0.29, 0.717) is 0 Å². The number of carbonyl (C=O) groups excluding carboxylic acids is 1. The smallest absolute Gasteiger partial charge is 0.256 e. The minimum absolute atomic E-state index is 0.972. The SMILES string of the molecule is CC([O])=O.c1ccc2ncccc2c1. The molecule has 0 unspecified atom stereocenters. The van der Waals surface area contributed by atoms with Gasteiger partial charge in [-0.1, -0.05) is 24.3 Å². The molecule has 3 heteroatoms. The molecule has 0 N–H and O–H groups in total. The van der Waals surface area contributed by atoms with Gasteiger partial charge in [0, 0.05) is 18.5 Å². The van der Waals surface area contributed by atoms with Crippen LogP contribution in [-0.4, -0.2) is 11.0 Å². The van der Waals surface area contributed by atoms with Crippen LogP contribution in [0, 0.1) is 0 Å². The largest absolute Gasteiger partial charge is 0.352 e. The first kappa shape index (κ1) is 10.2. The molecule has 14 heavy (non-hydrogen) atoms. The summed E-state index contributed by atoms with van der Waals surface area (Å²) in [5.41, 5.74) is 1.06. The fraction of sp³-hybridized carbons (Fsp3) is 0.0909. The molecule has 1 radical (unpaired) electrons. The number of hydrogen-bond acceptors (Lipinski definition) is 2. The Bertz CT molecular complexity index is 357. The van der Waals surface area contributed by atoms with Gasteiger partial charge in [0.1, 0.15) is 0 Å². The number of rotatable bonds is 0. The predicted octanol–water partition coefficient (Wildman–Crippen LogP) is 2.20. The van der Waals surface area contributed by atoms with Crippen molar-refractivity contribution >= 4 is 16.9 Å². The third-order valence-corrected chi connectivity index (χ3v) is 1.51. The monoisotopic (exact) mass is 188 g/mol. The maximum absolute atomic E-state index is 8.89. The van der Waals surface area contributed by atoms with Crippen molar-refractivity contribution < 1.29 is 9.90 Å². The molecule has 3 nitrogen and oxygen atoms in total. The molecule has 0 aliphatic heterocycles. The van der Waals surface area contributed by atoms with Crippen molar-refractivity contribution in [3.63, 3.8) is 0 Å². The van der Waals surface area contributed by atoms with E-state index in [1.54, 1.807) is 0 Å². The van der Waals surface area contributed by atoms with E-state index >= 15 is 0 Å². The molecule has 1 aromatic heterocycles. The number of nitrogens with zero attached hydrogens (tertiary/aromatic N) is 1. The number of para-hydroxylation sites is 1. The third kappa shape index (κ3) is 3.23. The predicted molar refractivity (Wildman–Crippen MR) is 53.1 cm³/mol. The van der Waals surface area contributed by atoms with Crippen LogP contribution in [0.25, 0.3) is 10.9 Å².